The Balaban J connectivity index is 0.979. The predicted molar refractivity (Wildman–Crippen MR) is 307 cm³/mol. The molecule has 0 heterocycles. The Morgan fingerprint density at radius 2 is 0.556 bits per heavy atom. The summed E-state index contributed by atoms with van der Waals surface area (Å²) >= 11 is 0. The van der Waals surface area contributed by atoms with Gasteiger partial charge in [0.15, 0.2) is 0 Å². The molecule has 0 atom stereocenters. The summed E-state index contributed by atoms with van der Waals surface area (Å²) in [7, 11) is 0. The van der Waals surface area contributed by atoms with Crippen molar-refractivity contribution in [2.45, 2.75) is 13.8 Å². The van der Waals surface area contributed by atoms with Crippen molar-refractivity contribution in [3.8, 4) is 55.6 Å². The molecule has 0 saturated carbocycles. The molecule has 0 spiro atoms. The van der Waals surface area contributed by atoms with Crippen LogP contribution in [0.25, 0.3) is 77.2 Å². The van der Waals surface area contributed by atoms with Gasteiger partial charge in [-0.1, -0.05) is 218 Å². The van der Waals surface area contributed by atoms with Gasteiger partial charge < -0.3 is 9.80 Å². The smallest absolute Gasteiger partial charge is 0.0540 e. The van der Waals surface area contributed by atoms with Gasteiger partial charge >= 0.3 is 0 Å². The van der Waals surface area contributed by atoms with Crippen LogP contribution in [0.3, 0.4) is 0 Å². The predicted octanol–water partition coefficient (Wildman–Crippen LogP) is 19.9. The number of rotatable bonds is 11. The van der Waals surface area contributed by atoms with E-state index < -0.39 is 0 Å². The fraction of sp³-hybridized carbons (Fsp3) is 0.0286. The minimum absolute atomic E-state index is 1.10. The fourth-order valence-electron chi connectivity index (χ4n) is 10.6. The van der Waals surface area contributed by atoms with Crippen LogP contribution in [0.1, 0.15) is 11.1 Å². The molecule has 0 N–H and O–H groups in total. The quantitative estimate of drug-likeness (QED) is 0.128. The van der Waals surface area contributed by atoms with Crippen LogP contribution < -0.4 is 9.80 Å². The van der Waals surface area contributed by atoms with Gasteiger partial charge in [-0.25, -0.2) is 0 Å². The van der Waals surface area contributed by atoms with Crippen LogP contribution in [-0.4, -0.2) is 0 Å². The van der Waals surface area contributed by atoms with Gasteiger partial charge in [0, 0.05) is 33.9 Å². The van der Waals surface area contributed by atoms with E-state index >= 15 is 0 Å². The highest BCUT2D eigenvalue weighted by Gasteiger charge is 2.23. The van der Waals surface area contributed by atoms with E-state index in [0.717, 1.165) is 34.1 Å². The average Bonchev–Trinajstić information content (AvgIpc) is 3.44. The number of aryl methyl sites for hydroxylation is 2. The van der Waals surface area contributed by atoms with Crippen molar-refractivity contribution in [2.75, 3.05) is 9.80 Å². The van der Waals surface area contributed by atoms with Crippen LogP contribution in [0, 0.1) is 13.8 Å². The first-order valence-electron chi connectivity index (χ1n) is 24.8. The van der Waals surface area contributed by atoms with Gasteiger partial charge in [0.1, 0.15) is 0 Å². The largest absolute Gasteiger partial charge is 0.310 e. The maximum atomic E-state index is 2.45. The topological polar surface area (TPSA) is 6.48 Å². The van der Waals surface area contributed by atoms with E-state index in [1.807, 2.05) is 0 Å². The van der Waals surface area contributed by atoms with Crippen LogP contribution in [-0.2, 0) is 0 Å². The van der Waals surface area contributed by atoms with Crippen molar-refractivity contribution in [3.63, 3.8) is 0 Å². The summed E-state index contributed by atoms with van der Waals surface area (Å²) in [5, 5.41) is 4.91. The first kappa shape index (κ1) is 44.0. The lowest BCUT2D eigenvalue weighted by Crippen LogP contribution is -2.13. The summed E-state index contributed by atoms with van der Waals surface area (Å²) in [4.78, 5) is 4.90. The van der Waals surface area contributed by atoms with Crippen molar-refractivity contribution in [3.05, 3.63) is 290 Å². The molecule has 0 radical (unpaired) electrons. The van der Waals surface area contributed by atoms with Gasteiger partial charge in [-0.15, -0.1) is 0 Å². The molecule has 2 nitrogen and oxygen atoms in total. The van der Waals surface area contributed by atoms with Crippen molar-refractivity contribution in [2.24, 2.45) is 0 Å². The third-order valence-electron chi connectivity index (χ3n) is 14.1. The molecular formula is C70H52N2. The van der Waals surface area contributed by atoms with E-state index in [4.69, 9.17) is 0 Å². The number of nitrogens with zero attached hydrogens (tertiary/aromatic N) is 2. The van der Waals surface area contributed by atoms with Crippen LogP contribution in [0.4, 0.5) is 34.1 Å². The molecule has 2 heteroatoms. The summed E-state index contributed by atoms with van der Waals surface area (Å²) < 4.78 is 0. The molecule has 0 aromatic heterocycles. The molecule has 12 rings (SSSR count). The summed E-state index contributed by atoms with van der Waals surface area (Å²) in [6.07, 6.45) is 0. The second-order valence-corrected chi connectivity index (χ2v) is 18.6. The molecule has 72 heavy (non-hydrogen) atoms. The van der Waals surface area contributed by atoms with E-state index in [1.165, 1.54) is 88.3 Å². The summed E-state index contributed by atoms with van der Waals surface area (Å²) in [6.45, 7) is 4.50. The number of hydrogen-bond donors (Lipinski definition) is 0. The van der Waals surface area contributed by atoms with E-state index in [2.05, 4.69) is 303 Å². The van der Waals surface area contributed by atoms with E-state index in [9.17, 15) is 0 Å². The Bertz CT molecular complexity index is 3640. The molecule has 0 aliphatic carbocycles. The SMILES string of the molecule is Cc1cc(-c2ccc(N(c3cccc(-c4ccccc4)c3)c3ccccc3-c3cccc4ccccc34)c(C)c2)ccc1N(c1cccc(-c2ccccc2)c1)c1ccccc1-c1cccc2ccccc12. The van der Waals surface area contributed by atoms with Crippen LogP contribution in [0.2, 0.25) is 0 Å². The molecule has 0 amide bonds. The second-order valence-electron chi connectivity index (χ2n) is 18.6. The highest BCUT2D eigenvalue weighted by Crippen LogP contribution is 2.47. The van der Waals surface area contributed by atoms with Gasteiger partial charge in [0.25, 0.3) is 0 Å². The maximum absolute atomic E-state index is 2.45. The number of para-hydroxylation sites is 2. The lowest BCUT2D eigenvalue weighted by atomic mass is 9.94. The Hall–Kier alpha value is -9.24. The van der Waals surface area contributed by atoms with Crippen molar-refractivity contribution in [1.29, 1.82) is 0 Å². The number of benzene rings is 12. The third-order valence-corrected chi connectivity index (χ3v) is 14.1. The normalized spacial score (nSPS) is 11.2. The zero-order valence-electron chi connectivity index (χ0n) is 40.5. The summed E-state index contributed by atoms with van der Waals surface area (Å²) in [6, 6.07) is 101. The van der Waals surface area contributed by atoms with Gasteiger partial charge in [0.05, 0.1) is 11.4 Å². The van der Waals surface area contributed by atoms with Crippen LogP contribution in [0.5, 0.6) is 0 Å². The number of hydrogen-bond acceptors (Lipinski definition) is 2. The Morgan fingerprint density at radius 1 is 0.222 bits per heavy atom. The van der Waals surface area contributed by atoms with Gasteiger partial charge in [-0.2, -0.15) is 0 Å². The van der Waals surface area contributed by atoms with E-state index in [1.54, 1.807) is 0 Å². The minimum Gasteiger partial charge on any atom is -0.310 e. The second kappa shape index (κ2) is 19.3. The molecule has 0 bridgehead atoms. The first-order chi connectivity index (χ1) is 35.6. The Kier molecular flexibility index (Phi) is 11.8. The standard InChI is InChI=1S/C70H52N2/c1-49-45-57(41-43-67(49)71(59-31-17-29-55(47-59)51-21-5-3-6-22-51)69-39-15-13-35-65(69)63-37-19-27-53-25-9-11-33-61(53)63)58-42-44-68(50(2)46-58)72(60-32-18-30-56(48-60)52-23-7-4-8-24-52)70-40-16-14-36-66(70)64-38-20-28-54-26-10-12-34-62(54)64/h3-48H,1-2H3. The molecule has 12 aromatic carbocycles. The van der Waals surface area contributed by atoms with Gasteiger partial charge in [0.2, 0.25) is 0 Å². The molecule has 0 aliphatic heterocycles. The minimum atomic E-state index is 1.10. The van der Waals surface area contributed by atoms with Crippen LogP contribution in [0.15, 0.2) is 279 Å². The monoisotopic (exact) mass is 920 g/mol. The van der Waals surface area contributed by atoms with E-state index in [0.29, 0.717) is 0 Å². The number of anilines is 6. The molecule has 342 valence electrons. The lowest BCUT2D eigenvalue weighted by Gasteiger charge is -2.30. The molecule has 0 aliphatic rings. The van der Waals surface area contributed by atoms with Gasteiger partial charge in [-0.3, -0.25) is 0 Å². The van der Waals surface area contributed by atoms with Crippen molar-refractivity contribution in [1.82, 2.24) is 0 Å². The molecule has 0 saturated heterocycles. The number of fused-ring (bicyclic) bond motifs is 2. The molecule has 0 unspecified atom stereocenters. The zero-order chi connectivity index (χ0) is 48.4. The van der Waals surface area contributed by atoms with Gasteiger partial charge in [-0.05, 0) is 152 Å². The Labute approximate surface area is 423 Å². The Morgan fingerprint density at radius 3 is 1.00 bits per heavy atom. The van der Waals surface area contributed by atoms with E-state index in [-0.39, 0.29) is 0 Å². The summed E-state index contributed by atoms with van der Waals surface area (Å²) in [5.41, 5.74) is 20.9. The van der Waals surface area contributed by atoms with Crippen molar-refractivity contribution < 1.29 is 0 Å². The maximum Gasteiger partial charge on any atom is 0.0540 e. The highest BCUT2D eigenvalue weighted by atomic mass is 15.2. The average molecular weight is 921 g/mol. The molecule has 0 fully saturated rings. The molecule has 12 aromatic rings. The lowest BCUT2D eigenvalue weighted by molar-refractivity contribution is 1.24. The summed E-state index contributed by atoms with van der Waals surface area (Å²) in [5.74, 6) is 0. The molecular weight excluding hydrogens is 869 g/mol. The highest BCUT2D eigenvalue weighted by molar-refractivity contribution is 6.03. The zero-order valence-corrected chi connectivity index (χ0v) is 40.5. The fourth-order valence-corrected chi connectivity index (χ4v) is 10.6. The third kappa shape index (κ3) is 8.40. The van der Waals surface area contributed by atoms with Crippen molar-refractivity contribution >= 4 is 55.7 Å². The van der Waals surface area contributed by atoms with Crippen LogP contribution >= 0.6 is 0 Å². The first-order valence-corrected chi connectivity index (χ1v) is 24.8.